The van der Waals surface area contributed by atoms with E-state index in [4.69, 9.17) is 4.74 Å². The molecule has 0 radical (unpaired) electrons. The zero-order chi connectivity index (χ0) is 18.9. The fourth-order valence-electron chi connectivity index (χ4n) is 3.49. The summed E-state index contributed by atoms with van der Waals surface area (Å²) >= 11 is 1.63. The van der Waals surface area contributed by atoms with Crippen LogP contribution in [0.25, 0.3) is 0 Å². The average molecular weight is 392 g/mol. The molecular formula is C20H19F3N2OS. The van der Waals surface area contributed by atoms with Gasteiger partial charge in [-0.25, -0.2) is 4.40 Å². The highest BCUT2D eigenvalue weighted by atomic mass is 32.2. The zero-order valence-corrected chi connectivity index (χ0v) is 15.4. The van der Waals surface area contributed by atoms with E-state index in [0.29, 0.717) is 17.4 Å². The highest BCUT2D eigenvalue weighted by Crippen LogP contribution is 2.34. The Morgan fingerprint density at radius 1 is 0.963 bits per heavy atom. The summed E-state index contributed by atoms with van der Waals surface area (Å²) in [4.78, 5) is 2.37. The van der Waals surface area contributed by atoms with Gasteiger partial charge in [0.1, 0.15) is 17.3 Å². The van der Waals surface area contributed by atoms with Crippen LogP contribution < -0.4 is 4.74 Å². The van der Waals surface area contributed by atoms with E-state index >= 15 is 0 Å². The molecule has 142 valence electrons. The molecule has 2 aromatic rings. The number of rotatable bonds is 3. The molecule has 0 bridgehead atoms. The first-order valence-electron chi connectivity index (χ1n) is 8.90. The lowest BCUT2D eigenvalue weighted by molar-refractivity contribution is -0.137. The molecule has 2 aliphatic heterocycles. The van der Waals surface area contributed by atoms with Crippen LogP contribution in [0.2, 0.25) is 0 Å². The van der Waals surface area contributed by atoms with E-state index in [1.54, 1.807) is 11.9 Å². The Morgan fingerprint density at radius 2 is 1.63 bits per heavy atom. The second-order valence-corrected chi connectivity index (χ2v) is 7.51. The number of benzene rings is 2. The highest BCUT2D eigenvalue weighted by Gasteiger charge is 2.30. The monoisotopic (exact) mass is 392 g/mol. The van der Waals surface area contributed by atoms with Crippen molar-refractivity contribution in [3.05, 3.63) is 59.7 Å². The number of hydrogen-bond acceptors (Lipinski definition) is 4. The van der Waals surface area contributed by atoms with E-state index in [1.807, 2.05) is 24.3 Å². The molecule has 0 aliphatic carbocycles. The molecule has 4 rings (SSSR count). The fraction of sp³-hybridized carbons (Fsp3) is 0.350. The molecule has 2 aromatic carbocycles. The Labute approximate surface area is 160 Å². The van der Waals surface area contributed by atoms with E-state index < -0.39 is 11.7 Å². The third kappa shape index (κ3) is 4.08. The number of piperidine rings is 1. The van der Waals surface area contributed by atoms with Crippen molar-refractivity contribution < 1.29 is 17.9 Å². The predicted molar refractivity (Wildman–Crippen MR) is 101 cm³/mol. The lowest BCUT2D eigenvalue weighted by Crippen LogP contribution is -2.42. The van der Waals surface area contributed by atoms with Crippen molar-refractivity contribution in [3.63, 3.8) is 0 Å². The van der Waals surface area contributed by atoms with Crippen molar-refractivity contribution in [3.8, 4) is 11.5 Å². The second kappa shape index (κ2) is 7.46. The molecule has 1 unspecified atom stereocenters. The molecule has 0 aromatic heterocycles. The molecule has 7 heteroatoms. The number of alkyl halides is 3. The van der Waals surface area contributed by atoms with Crippen LogP contribution in [0.5, 0.6) is 11.5 Å². The molecule has 0 saturated carbocycles. The van der Waals surface area contributed by atoms with Gasteiger partial charge in [0, 0.05) is 24.8 Å². The highest BCUT2D eigenvalue weighted by molar-refractivity contribution is 7.98. The van der Waals surface area contributed by atoms with Crippen molar-refractivity contribution in [2.75, 3.05) is 18.8 Å². The molecule has 1 fully saturated rings. The summed E-state index contributed by atoms with van der Waals surface area (Å²) < 4.78 is 48.2. The molecule has 2 heterocycles. The molecule has 1 atom stereocenters. The molecule has 0 spiro atoms. The second-order valence-electron chi connectivity index (χ2n) is 6.66. The quantitative estimate of drug-likeness (QED) is 0.623. The van der Waals surface area contributed by atoms with Gasteiger partial charge >= 0.3 is 6.18 Å². The molecular weight excluding hydrogens is 373 g/mol. The number of halogens is 3. The molecule has 0 N–H and O–H groups in total. The smallest absolute Gasteiger partial charge is 0.416 e. The predicted octanol–water partition coefficient (Wildman–Crippen LogP) is 5.74. The van der Waals surface area contributed by atoms with Gasteiger partial charge in [0.2, 0.25) is 0 Å². The summed E-state index contributed by atoms with van der Waals surface area (Å²) in [5.74, 6) is 3.48. The molecule has 2 aliphatic rings. The van der Waals surface area contributed by atoms with E-state index in [0.717, 1.165) is 49.7 Å². The third-order valence-corrected chi connectivity index (χ3v) is 5.55. The summed E-state index contributed by atoms with van der Waals surface area (Å²) in [6.07, 6.45) is -2.11. The molecule has 1 saturated heterocycles. The minimum absolute atomic E-state index is 0.298. The first kappa shape index (κ1) is 18.2. The van der Waals surface area contributed by atoms with Gasteiger partial charge < -0.3 is 9.64 Å². The average Bonchev–Trinajstić information content (AvgIpc) is 2.68. The molecule has 27 heavy (non-hydrogen) atoms. The number of fused-ring (bicyclic) bond motifs is 1. The van der Waals surface area contributed by atoms with Crippen LogP contribution in [0.3, 0.4) is 0 Å². The van der Waals surface area contributed by atoms with Gasteiger partial charge in [0.25, 0.3) is 0 Å². The lowest BCUT2D eigenvalue weighted by atomic mass is 9.89. The topological polar surface area (TPSA) is 24.8 Å². The Kier molecular flexibility index (Phi) is 5.04. The van der Waals surface area contributed by atoms with Crippen molar-refractivity contribution in [2.45, 2.75) is 24.9 Å². The number of ether oxygens (including phenoxy) is 1. The van der Waals surface area contributed by atoms with Crippen LogP contribution in [-0.4, -0.2) is 29.6 Å². The SMILES string of the molecule is FC(F)(F)c1ccc(Oc2ccc(C3CCCN4CCSN=C34)cc2)cc1. The van der Waals surface area contributed by atoms with Crippen molar-refractivity contribution in [1.29, 1.82) is 0 Å². The van der Waals surface area contributed by atoms with Gasteiger partial charge in [0.15, 0.2) is 0 Å². The Balaban J connectivity index is 1.47. The standard InChI is InChI=1S/C20H19F3N2OS/c21-20(22,23)15-5-9-17(10-6-15)26-16-7-3-14(4-8-16)18-2-1-11-25-12-13-27-24-19(18)25/h3-10,18H,1-2,11-13H2. The van der Waals surface area contributed by atoms with Crippen LogP contribution in [0.15, 0.2) is 52.9 Å². The summed E-state index contributed by atoms with van der Waals surface area (Å²) in [5.41, 5.74) is 0.513. The van der Waals surface area contributed by atoms with Crippen LogP contribution in [0, 0.1) is 0 Å². The van der Waals surface area contributed by atoms with Crippen molar-refractivity contribution >= 4 is 17.8 Å². The first-order valence-corrected chi connectivity index (χ1v) is 9.85. The molecule has 0 amide bonds. The van der Waals surface area contributed by atoms with Crippen LogP contribution in [-0.2, 0) is 6.18 Å². The third-order valence-electron chi connectivity index (χ3n) is 4.87. The normalized spacial score (nSPS) is 20.0. The summed E-state index contributed by atoms with van der Waals surface area (Å²) in [6, 6.07) is 12.5. The fourth-order valence-corrected chi connectivity index (χ4v) is 4.26. The van der Waals surface area contributed by atoms with Gasteiger partial charge in [-0.2, -0.15) is 13.2 Å². The number of nitrogens with zero attached hydrogens (tertiary/aromatic N) is 2. The Morgan fingerprint density at radius 3 is 2.30 bits per heavy atom. The van der Waals surface area contributed by atoms with E-state index in [2.05, 4.69) is 9.30 Å². The van der Waals surface area contributed by atoms with E-state index in [-0.39, 0.29) is 0 Å². The maximum Gasteiger partial charge on any atom is 0.416 e. The number of amidine groups is 1. The summed E-state index contributed by atoms with van der Waals surface area (Å²) in [7, 11) is 0. The van der Waals surface area contributed by atoms with Crippen molar-refractivity contribution in [2.24, 2.45) is 4.40 Å². The van der Waals surface area contributed by atoms with Crippen molar-refractivity contribution in [1.82, 2.24) is 4.90 Å². The maximum atomic E-state index is 12.6. The Hall–Kier alpha value is -2.15. The van der Waals surface area contributed by atoms with Gasteiger partial charge in [-0.3, -0.25) is 0 Å². The minimum atomic E-state index is -4.34. The van der Waals surface area contributed by atoms with Crippen LogP contribution >= 0.6 is 11.9 Å². The maximum absolute atomic E-state index is 12.6. The largest absolute Gasteiger partial charge is 0.457 e. The lowest BCUT2D eigenvalue weighted by Gasteiger charge is -2.37. The molecule has 3 nitrogen and oxygen atoms in total. The number of hydrogen-bond donors (Lipinski definition) is 0. The van der Waals surface area contributed by atoms with Crippen LogP contribution in [0.1, 0.15) is 29.9 Å². The summed E-state index contributed by atoms with van der Waals surface area (Å²) in [5, 5.41) is 0. The van der Waals surface area contributed by atoms with Gasteiger partial charge in [-0.05, 0) is 66.8 Å². The van der Waals surface area contributed by atoms with Gasteiger partial charge in [0.05, 0.1) is 5.56 Å². The van der Waals surface area contributed by atoms with Gasteiger partial charge in [-0.1, -0.05) is 12.1 Å². The Bertz CT molecular complexity index is 819. The van der Waals surface area contributed by atoms with E-state index in [1.165, 1.54) is 17.7 Å². The zero-order valence-electron chi connectivity index (χ0n) is 14.6. The minimum Gasteiger partial charge on any atom is -0.457 e. The van der Waals surface area contributed by atoms with E-state index in [9.17, 15) is 13.2 Å². The summed E-state index contributed by atoms with van der Waals surface area (Å²) in [6.45, 7) is 2.13. The first-order chi connectivity index (χ1) is 13.0. The van der Waals surface area contributed by atoms with Gasteiger partial charge in [-0.15, -0.1) is 0 Å². The van der Waals surface area contributed by atoms with Crippen LogP contribution in [0.4, 0.5) is 13.2 Å².